The van der Waals surface area contributed by atoms with E-state index in [1.165, 1.54) is 0 Å². The molecule has 0 bridgehead atoms. The van der Waals surface area contributed by atoms with Gasteiger partial charge in [-0.3, -0.25) is 4.79 Å². The van der Waals surface area contributed by atoms with Crippen LogP contribution < -0.4 is 5.32 Å². The van der Waals surface area contributed by atoms with E-state index in [-0.39, 0.29) is 5.91 Å². The van der Waals surface area contributed by atoms with Gasteiger partial charge in [0.2, 0.25) is 0 Å². The molecule has 0 atom stereocenters. The average molecular weight is 378 g/mol. The first-order chi connectivity index (χ1) is 8.16. The van der Waals surface area contributed by atoms with Gasteiger partial charge in [-0.15, -0.1) is 11.3 Å². The first-order valence-electron chi connectivity index (χ1n) is 4.92. The van der Waals surface area contributed by atoms with E-state index in [0.29, 0.717) is 17.1 Å². The van der Waals surface area contributed by atoms with E-state index in [1.54, 1.807) is 23.5 Å². The number of carbonyl (C=O) groups excluding carboxylic acids is 1. The molecule has 0 saturated carbocycles. The molecule has 0 aliphatic heterocycles. The second-order valence-electron chi connectivity index (χ2n) is 3.39. The van der Waals surface area contributed by atoms with Gasteiger partial charge >= 0.3 is 0 Å². The van der Waals surface area contributed by atoms with Gasteiger partial charge in [-0.05, 0) is 52.2 Å². The lowest BCUT2D eigenvalue weighted by atomic mass is 10.2. The second kappa shape index (κ2) is 5.84. The van der Waals surface area contributed by atoms with Crippen LogP contribution in [0.5, 0.6) is 0 Å². The fourth-order valence-corrected chi connectivity index (χ4v) is 2.74. The van der Waals surface area contributed by atoms with Crippen LogP contribution >= 0.6 is 45.5 Å². The third kappa shape index (κ3) is 3.43. The maximum atomic E-state index is 11.9. The molecule has 5 heteroatoms. The fourth-order valence-electron chi connectivity index (χ4n) is 1.35. The standard InChI is InChI=1S/C12H9ClINOS/c13-8-3-4-11(14)10(6-8)12(16)15-7-9-2-1-5-17-9/h1-6H,7H2,(H,15,16). The predicted molar refractivity (Wildman–Crippen MR) is 79.7 cm³/mol. The number of thiophene rings is 1. The number of halogens is 2. The first kappa shape index (κ1) is 12.9. The zero-order chi connectivity index (χ0) is 12.3. The molecule has 2 aromatic rings. The van der Waals surface area contributed by atoms with Crippen LogP contribution in [0, 0.1) is 3.57 Å². The average Bonchev–Trinajstić information content (AvgIpc) is 2.82. The minimum Gasteiger partial charge on any atom is -0.347 e. The zero-order valence-electron chi connectivity index (χ0n) is 8.74. The molecule has 0 aliphatic carbocycles. The van der Waals surface area contributed by atoms with Crippen LogP contribution in [0.1, 0.15) is 15.2 Å². The van der Waals surface area contributed by atoms with Gasteiger partial charge in [0.05, 0.1) is 12.1 Å². The van der Waals surface area contributed by atoms with E-state index in [4.69, 9.17) is 11.6 Å². The molecule has 0 spiro atoms. The number of amides is 1. The van der Waals surface area contributed by atoms with Gasteiger partial charge in [-0.1, -0.05) is 17.7 Å². The van der Waals surface area contributed by atoms with E-state index in [2.05, 4.69) is 27.9 Å². The van der Waals surface area contributed by atoms with Crippen LogP contribution in [-0.4, -0.2) is 5.91 Å². The summed E-state index contributed by atoms with van der Waals surface area (Å²) >= 11 is 9.63. The van der Waals surface area contributed by atoms with E-state index in [0.717, 1.165) is 8.45 Å². The van der Waals surface area contributed by atoms with Crippen molar-refractivity contribution in [1.29, 1.82) is 0 Å². The van der Waals surface area contributed by atoms with Crippen LogP contribution in [0.3, 0.4) is 0 Å². The van der Waals surface area contributed by atoms with Gasteiger partial charge in [0.25, 0.3) is 5.91 Å². The van der Waals surface area contributed by atoms with Crippen molar-refractivity contribution in [1.82, 2.24) is 5.32 Å². The van der Waals surface area contributed by atoms with Gasteiger partial charge < -0.3 is 5.32 Å². The summed E-state index contributed by atoms with van der Waals surface area (Å²) in [6.45, 7) is 0.555. The molecule has 1 heterocycles. The number of hydrogen-bond acceptors (Lipinski definition) is 2. The lowest BCUT2D eigenvalue weighted by molar-refractivity contribution is 0.0950. The van der Waals surface area contributed by atoms with Crippen molar-refractivity contribution in [3.05, 3.63) is 54.7 Å². The smallest absolute Gasteiger partial charge is 0.252 e. The normalized spacial score (nSPS) is 10.2. The fraction of sp³-hybridized carbons (Fsp3) is 0.0833. The molecule has 1 amide bonds. The van der Waals surface area contributed by atoms with E-state index in [9.17, 15) is 4.79 Å². The van der Waals surface area contributed by atoms with Crippen molar-refractivity contribution in [2.45, 2.75) is 6.54 Å². The van der Waals surface area contributed by atoms with Crippen LogP contribution in [0.25, 0.3) is 0 Å². The molecule has 0 saturated heterocycles. The summed E-state index contributed by atoms with van der Waals surface area (Å²) in [7, 11) is 0. The summed E-state index contributed by atoms with van der Waals surface area (Å²) in [4.78, 5) is 13.1. The summed E-state index contributed by atoms with van der Waals surface area (Å²) in [6.07, 6.45) is 0. The van der Waals surface area contributed by atoms with Gasteiger partial charge in [-0.25, -0.2) is 0 Å². The summed E-state index contributed by atoms with van der Waals surface area (Å²) in [5.74, 6) is -0.0923. The third-order valence-electron chi connectivity index (χ3n) is 2.18. The number of carbonyl (C=O) groups is 1. The Balaban J connectivity index is 2.07. The molecule has 88 valence electrons. The molecule has 0 aliphatic rings. The minimum atomic E-state index is -0.0923. The van der Waals surface area contributed by atoms with E-state index >= 15 is 0 Å². The zero-order valence-corrected chi connectivity index (χ0v) is 12.5. The molecular weight excluding hydrogens is 369 g/mol. The summed E-state index contributed by atoms with van der Waals surface area (Å²) < 4.78 is 0.899. The van der Waals surface area contributed by atoms with Crippen LogP contribution in [0.15, 0.2) is 35.7 Å². The molecule has 1 aromatic heterocycles. The lowest BCUT2D eigenvalue weighted by Gasteiger charge is -2.06. The predicted octanol–water partition coefficient (Wildman–Crippen LogP) is 3.94. The van der Waals surface area contributed by atoms with Gasteiger partial charge in [0, 0.05) is 13.5 Å². The van der Waals surface area contributed by atoms with Crippen molar-refractivity contribution in [3.63, 3.8) is 0 Å². The second-order valence-corrected chi connectivity index (χ2v) is 6.02. The van der Waals surface area contributed by atoms with Gasteiger partial charge in [0.15, 0.2) is 0 Å². The van der Waals surface area contributed by atoms with Crippen molar-refractivity contribution >= 4 is 51.4 Å². The van der Waals surface area contributed by atoms with Gasteiger partial charge in [-0.2, -0.15) is 0 Å². The highest BCUT2D eigenvalue weighted by Crippen LogP contribution is 2.18. The first-order valence-corrected chi connectivity index (χ1v) is 7.26. The largest absolute Gasteiger partial charge is 0.347 e. The summed E-state index contributed by atoms with van der Waals surface area (Å²) in [5.41, 5.74) is 0.620. The van der Waals surface area contributed by atoms with Crippen molar-refractivity contribution in [3.8, 4) is 0 Å². The number of nitrogens with one attached hydrogen (secondary N) is 1. The highest BCUT2D eigenvalue weighted by atomic mass is 127. The summed E-state index contributed by atoms with van der Waals surface area (Å²) in [6, 6.07) is 9.26. The van der Waals surface area contributed by atoms with E-state index in [1.807, 2.05) is 23.6 Å². The number of rotatable bonds is 3. The molecule has 2 nitrogen and oxygen atoms in total. The monoisotopic (exact) mass is 377 g/mol. The quantitative estimate of drug-likeness (QED) is 0.807. The maximum absolute atomic E-state index is 11.9. The Kier molecular flexibility index (Phi) is 4.42. The number of benzene rings is 1. The molecule has 2 rings (SSSR count). The SMILES string of the molecule is O=C(NCc1cccs1)c1cc(Cl)ccc1I. The lowest BCUT2D eigenvalue weighted by Crippen LogP contribution is -2.23. The highest BCUT2D eigenvalue weighted by molar-refractivity contribution is 14.1. The highest BCUT2D eigenvalue weighted by Gasteiger charge is 2.10. The Bertz CT molecular complexity index is 527. The molecule has 1 aromatic carbocycles. The Labute approximate surface area is 122 Å². The van der Waals surface area contributed by atoms with Crippen LogP contribution in [0.4, 0.5) is 0 Å². The minimum absolute atomic E-state index is 0.0923. The van der Waals surface area contributed by atoms with Crippen molar-refractivity contribution in [2.24, 2.45) is 0 Å². The molecule has 1 N–H and O–H groups in total. The van der Waals surface area contributed by atoms with Crippen molar-refractivity contribution in [2.75, 3.05) is 0 Å². The van der Waals surface area contributed by atoms with Crippen molar-refractivity contribution < 1.29 is 4.79 Å². The Morgan fingerprint density at radius 1 is 1.41 bits per heavy atom. The number of hydrogen-bond donors (Lipinski definition) is 1. The van der Waals surface area contributed by atoms with Gasteiger partial charge in [0.1, 0.15) is 0 Å². The Hall–Kier alpha value is -0.590. The summed E-state index contributed by atoms with van der Waals surface area (Å²) in [5, 5.41) is 5.44. The molecule has 17 heavy (non-hydrogen) atoms. The van der Waals surface area contributed by atoms with Crippen LogP contribution in [0.2, 0.25) is 5.02 Å². The molecule has 0 radical (unpaired) electrons. The third-order valence-corrected chi connectivity index (χ3v) is 4.23. The molecule has 0 fully saturated rings. The topological polar surface area (TPSA) is 29.1 Å². The molecule has 0 unspecified atom stereocenters. The van der Waals surface area contributed by atoms with E-state index < -0.39 is 0 Å². The molecular formula is C12H9ClINOS. The Morgan fingerprint density at radius 3 is 2.94 bits per heavy atom. The van der Waals surface area contributed by atoms with Crippen LogP contribution in [-0.2, 0) is 6.54 Å². The Morgan fingerprint density at radius 2 is 2.24 bits per heavy atom. The maximum Gasteiger partial charge on any atom is 0.252 e.